The number of hydrogen-bond donors (Lipinski definition) is 1. The Labute approximate surface area is 68.3 Å². The van der Waals surface area contributed by atoms with Crippen molar-refractivity contribution in [2.45, 2.75) is 20.8 Å². The maximum atomic E-state index is 11.1. The molecule has 0 atom stereocenters. The largest absolute Gasteiger partial charge is 0.396 e. The molecule has 0 aliphatic heterocycles. The van der Waals surface area contributed by atoms with E-state index in [4.69, 9.17) is 5.11 Å². The van der Waals surface area contributed by atoms with E-state index >= 15 is 0 Å². The normalized spacial score (nSPS) is 13.5. The molecule has 3 nitrogen and oxygen atoms in total. The summed E-state index contributed by atoms with van der Waals surface area (Å²) in [4.78, 5) is 0. The quantitative estimate of drug-likeness (QED) is 0.683. The average Bonchev–Trinajstić information content (AvgIpc) is 1.86. The molecule has 0 aromatic carbocycles. The molecule has 0 saturated carbocycles. The first kappa shape index (κ1) is 10.9. The molecule has 1 N–H and O–H groups in total. The molecule has 0 aliphatic rings. The van der Waals surface area contributed by atoms with Crippen LogP contribution in [0.5, 0.6) is 0 Å². The lowest BCUT2D eigenvalue weighted by atomic mass is 9.98. The van der Waals surface area contributed by atoms with Gasteiger partial charge in [-0.05, 0) is 0 Å². The predicted molar refractivity (Wildman–Crippen MR) is 45.2 cm³/mol. The summed E-state index contributed by atoms with van der Waals surface area (Å²) in [6, 6.07) is 0. The van der Waals surface area contributed by atoms with Gasteiger partial charge in [-0.1, -0.05) is 20.8 Å². The number of aliphatic hydroxyl groups excluding tert-OH is 1. The Bertz CT molecular complexity index is 204. The van der Waals surface area contributed by atoms with E-state index in [1.165, 1.54) is 0 Å². The lowest BCUT2D eigenvalue weighted by Crippen LogP contribution is -2.28. The van der Waals surface area contributed by atoms with Crippen molar-refractivity contribution in [3.8, 4) is 0 Å². The highest BCUT2D eigenvalue weighted by Crippen LogP contribution is 2.16. The van der Waals surface area contributed by atoms with Crippen LogP contribution in [0.4, 0.5) is 0 Å². The number of sulfone groups is 1. The van der Waals surface area contributed by atoms with Crippen molar-refractivity contribution in [3.05, 3.63) is 0 Å². The minimum atomic E-state index is -2.95. The molecule has 0 fully saturated rings. The molecule has 0 aromatic rings. The molecule has 0 heterocycles. The predicted octanol–water partition coefficient (Wildman–Crippen LogP) is 0.440. The Morgan fingerprint density at radius 2 is 1.82 bits per heavy atom. The molecule has 4 heteroatoms. The summed E-state index contributed by atoms with van der Waals surface area (Å²) in [6.07, 6.45) is 0. The summed E-state index contributed by atoms with van der Waals surface area (Å²) < 4.78 is 22.1. The zero-order chi connectivity index (χ0) is 9.12. The summed E-state index contributed by atoms with van der Waals surface area (Å²) in [6.45, 7) is 5.00. The van der Waals surface area contributed by atoms with Crippen LogP contribution in [0.1, 0.15) is 20.8 Å². The van der Waals surface area contributed by atoms with Crippen molar-refractivity contribution in [1.29, 1.82) is 0 Å². The maximum absolute atomic E-state index is 11.1. The Morgan fingerprint density at radius 1 is 1.36 bits per heavy atom. The molecule has 11 heavy (non-hydrogen) atoms. The Hall–Kier alpha value is -0.0900. The van der Waals surface area contributed by atoms with Gasteiger partial charge in [0.1, 0.15) is 0 Å². The van der Waals surface area contributed by atoms with Gasteiger partial charge in [-0.15, -0.1) is 0 Å². The Balaban J connectivity index is 4.26. The third kappa shape index (κ3) is 4.37. The second kappa shape index (κ2) is 3.54. The van der Waals surface area contributed by atoms with Crippen molar-refractivity contribution in [1.82, 2.24) is 0 Å². The van der Waals surface area contributed by atoms with Gasteiger partial charge in [0.05, 0.1) is 5.75 Å². The molecule has 0 amide bonds. The fraction of sp³-hybridized carbons (Fsp3) is 1.00. The van der Waals surface area contributed by atoms with Crippen molar-refractivity contribution < 1.29 is 13.5 Å². The molecule has 0 aromatic heterocycles. The monoisotopic (exact) mass is 180 g/mol. The van der Waals surface area contributed by atoms with E-state index in [0.717, 1.165) is 0 Å². The van der Waals surface area contributed by atoms with Crippen LogP contribution in [0.3, 0.4) is 0 Å². The lowest BCUT2D eigenvalue weighted by Gasteiger charge is -2.20. The Kier molecular flexibility index (Phi) is 3.51. The minimum absolute atomic E-state index is 0.0625. The first-order valence-corrected chi connectivity index (χ1v) is 5.46. The molecule has 0 saturated heterocycles. The second-order valence-electron chi connectivity index (χ2n) is 3.50. The first-order valence-electron chi connectivity index (χ1n) is 3.64. The van der Waals surface area contributed by atoms with Gasteiger partial charge in [0, 0.05) is 17.8 Å². The van der Waals surface area contributed by atoms with E-state index in [1.807, 2.05) is 0 Å². The van der Waals surface area contributed by atoms with E-state index in [1.54, 1.807) is 20.8 Å². The van der Waals surface area contributed by atoms with Crippen LogP contribution in [0.15, 0.2) is 0 Å². The average molecular weight is 180 g/mol. The number of rotatable bonds is 4. The fourth-order valence-corrected chi connectivity index (χ4v) is 2.23. The van der Waals surface area contributed by atoms with Crippen molar-refractivity contribution >= 4 is 9.84 Å². The van der Waals surface area contributed by atoms with Crippen LogP contribution >= 0.6 is 0 Å². The summed E-state index contributed by atoms with van der Waals surface area (Å²) in [5.74, 6) is 0.212. The molecule has 0 spiro atoms. The fourth-order valence-electron chi connectivity index (χ4n) is 0.743. The van der Waals surface area contributed by atoms with Crippen LogP contribution in [0, 0.1) is 5.41 Å². The van der Waals surface area contributed by atoms with E-state index in [9.17, 15) is 8.42 Å². The van der Waals surface area contributed by atoms with Crippen molar-refractivity contribution in [2.24, 2.45) is 5.41 Å². The highest BCUT2D eigenvalue weighted by molar-refractivity contribution is 7.91. The summed E-state index contributed by atoms with van der Waals surface area (Å²) >= 11 is 0. The molecule has 0 unspecified atom stereocenters. The van der Waals surface area contributed by atoms with Crippen molar-refractivity contribution in [3.63, 3.8) is 0 Å². The summed E-state index contributed by atoms with van der Waals surface area (Å²) in [5, 5.41) is 8.79. The van der Waals surface area contributed by atoms with Gasteiger partial charge in [-0.2, -0.15) is 0 Å². The second-order valence-corrected chi connectivity index (χ2v) is 5.85. The Morgan fingerprint density at radius 3 is 2.09 bits per heavy atom. The van der Waals surface area contributed by atoms with Crippen LogP contribution < -0.4 is 0 Å². The van der Waals surface area contributed by atoms with Crippen LogP contribution in [0.25, 0.3) is 0 Å². The topological polar surface area (TPSA) is 54.4 Å². The van der Waals surface area contributed by atoms with E-state index in [-0.39, 0.29) is 18.1 Å². The molecule has 0 bridgehead atoms. The minimum Gasteiger partial charge on any atom is -0.396 e. The molecular formula is C7H16O3S. The van der Waals surface area contributed by atoms with E-state index in [0.29, 0.717) is 0 Å². The third-order valence-electron chi connectivity index (χ3n) is 1.48. The zero-order valence-electron chi connectivity index (χ0n) is 7.29. The van der Waals surface area contributed by atoms with Gasteiger partial charge in [0.15, 0.2) is 9.84 Å². The third-order valence-corrected chi connectivity index (χ3v) is 3.58. The standard InChI is InChI=1S/C7H16O3S/c1-4-11(9,10)6-7(2,3)5-8/h8H,4-6H2,1-3H3. The van der Waals surface area contributed by atoms with Gasteiger partial charge in [-0.25, -0.2) is 8.42 Å². The van der Waals surface area contributed by atoms with E-state index in [2.05, 4.69) is 0 Å². The molecular weight excluding hydrogens is 164 g/mol. The SMILES string of the molecule is CCS(=O)(=O)CC(C)(C)CO. The van der Waals surface area contributed by atoms with E-state index < -0.39 is 15.3 Å². The van der Waals surface area contributed by atoms with Gasteiger partial charge in [0.25, 0.3) is 0 Å². The molecule has 68 valence electrons. The van der Waals surface area contributed by atoms with Crippen LogP contribution in [-0.4, -0.2) is 31.6 Å². The van der Waals surface area contributed by atoms with Gasteiger partial charge in [0.2, 0.25) is 0 Å². The summed E-state index contributed by atoms with van der Waals surface area (Å²) in [5.41, 5.74) is -0.505. The van der Waals surface area contributed by atoms with Crippen LogP contribution in [0.2, 0.25) is 0 Å². The van der Waals surface area contributed by atoms with Gasteiger partial charge >= 0.3 is 0 Å². The van der Waals surface area contributed by atoms with Crippen LogP contribution in [-0.2, 0) is 9.84 Å². The smallest absolute Gasteiger partial charge is 0.150 e. The van der Waals surface area contributed by atoms with Crippen molar-refractivity contribution in [2.75, 3.05) is 18.1 Å². The molecule has 0 rings (SSSR count). The highest BCUT2D eigenvalue weighted by Gasteiger charge is 2.23. The highest BCUT2D eigenvalue weighted by atomic mass is 32.2. The zero-order valence-corrected chi connectivity index (χ0v) is 8.11. The first-order chi connectivity index (χ1) is 4.83. The van der Waals surface area contributed by atoms with Gasteiger partial charge in [-0.3, -0.25) is 0 Å². The number of aliphatic hydroxyl groups is 1. The van der Waals surface area contributed by atoms with Gasteiger partial charge < -0.3 is 5.11 Å². The maximum Gasteiger partial charge on any atom is 0.150 e. The number of hydrogen-bond acceptors (Lipinski definition) is 3. The molecule has 0 radical (unpaired) electrons. The lowest BCUT2D eigenvalue weighted by molar-refractivity contribution is 0.179. The molecule has 0 aliphatic carbocycles. The summed E-state index contributed by atoms with van der Waals surface area (Å²) in [7, 11) is -2.95.